The van der Waals surface area contributed by atoms with Gasteiger partial charge in [0.05, 0.1) is 13.2 Å². The van der Waals surface area contributed by atoms with Gasteiger partial charge in [0.2, 0.25) is 0 Å². The number of hydrogen-bond donors (Lipinski definition) is 0. The number of likely N-dealkylation sites (tertiary alicyclic amines) is 1. The van der Waals surface area contributed by atoms with Gasteiger partial charge in [0, 0.05) is 18.0 Å². The summed E-state index contributed by atoms with van der Waals surface area (Å²) in [5, 5.41) is 0.677. The first kappa shape index (κ1) is 18.2. The molecule has 2 aromatic rings. The van der Waals surface area contributed by atoms with Crippen LogP contribution in [0.2, 0.25) is 5.02 Å². The highest BCUT2D eigenvalue weighted by Gasteiger charge is 2.36. The Balaban J connectivity index is 1.56. The zero-order chi connectivity index (χ0) is 18.8. The maximum atomic E-state index is 13.4. The van der Waals surface area contributed by atoms with Crippen molar-refractivity contribution in [3.8, 4) is 11.5 Å². The van der Waals surface area contributed by atoms with Crippen LogP contribution in [0.5, 0.6) is 11.5 Å². The van der Waals surface area contributed by atoms with E-state index in [2.05, 4.69) is 12.1 Å². The molecule has 4 rings (SSSR count). The molecule has 1 fully saturated rings. The minimum Gasteiger partial charge on any atom is -0.497 e. The molecule has 1 amide bonds. The Labute approximate surface area is 165 Å². The molecule has 2 aliphatic rings. The Hall–Kier alpha value is -2.20. The third-order valence-electron chi connectivity index (χ3n) is 5.51. The molecule has 2 atom stereocenters. The van der Waals surface area contributed by atoms with Crippen LogP contribution in [0.3, 0.4) is 0 Å². The zero-order valence-electron chi connectivity index (χ0n) is 15.5. The highest BCUT2D eigenvalue weighted by molar-refractivity contribution is 6.30. The number of nitrogens with zero attached hydrogens (tertiary/aromatic N) is 1. The van der Waals surface area contributed by atoms with Crippen molar-refractivity contribution in [2.24, 2.45) is 0 Å². The summed E-state index contributed by atoms with van der Waals surface area (Å²) in [6.07, 6.45) is 4.41. The number of amides is 1. The smallest absolute Gasteiger partial charge is 0.264 e. The van der Waals surface area contributed by atoms with Crippen molar-refractivity contribution < 1.29 is 14.3 Å². The molecule has 2 heterocycles. The molecule has 0 aromatic heterocycles. The molecule has 2 aliphatic heterocycles. The molecule has 27 heavy (non-hydrogen) atoms. The molecule has 0 unspecified atom stereocenters. The van der Waals surface area contributed by atoms with E-state index in [9.17, 15) is 4.79 Å². The normalized spacial score (nSPS) is 21.9. The lowest BCUT2D eigenvalue weighted by atomic mass is 9.99. The Morgan fingerprint density at radius 3 is 2.74 bits per heavy atom. The Bertz CT molecular complexity index is 821. The molecular weight excluding hydrogens is 362 g/mol. The molecule has 0 radical (unpaired) electrons. The standard InChI is InChI=1S/C22H24ClNO3/c1-26-18-9-6-15(7-10-18)19-5-3-2-4-12-24(19)22(25)21-14-16-13-17(23)8-11-20(16)27-21/h6-11,13,19,21H,2-5,12,14H2,1H3/t19-,21+/m0/s1. The maximum absolute atomic E-state index is 13.4. The number of carbonyl (C=O) groups excluding carboxylic acids is 1. The summed E-state index contributed by atoms with van der Waals surface area (Å²) in [5.74, 6) is 1.68. The van der Waals surface area contributed by atoms with E-state index in [1.54, 1.807) is 13.2 Å². The van der Waals surface area contributed by atoms with Gasteiger partial charge in [-0.1, -0.05) is 36.6 Å². The van der Waals surface area contributed by atoms with Crippen molar-refractivity contribution in [2.75, 3.05) is 13.7 Å². The minimum atomic E-state index is -0.461. The van der Waals surface area contributed by atoms with E-state index in [4.69, 9.17) is 21.1 Å². The van der Waals surface area contributed by atoms with Gasteiger partial charge in [-0.3, -0.25) is 4.79 Å². The summed E-state index contributed by atoms with van der Waals surface area (Å²) in [5.41, 5.74) is 2.17. The number of fused-ring (bicyclic) bond motifs is 1. The van der Waals surface area contributed by atoms with Gasteiger partial charge in [-0.25, -0.2) is 0 Å². The van der Waals surface area contributed by atoms with Gasteiger partial charge in [-0.15, -0.1) is 0 Å². The van der Waals surface area contributed by atoms with E-state index >= 15 is 0 Å². The van der Waals surface area contributed by atoms with Crippen LogP contribution < -0.4 is 9.47 Å². The van der Waals surface area contributed by atoms with E-state index in [1.807, 2.05) is 29.2 Å². The molecule has 5 heteroatoms. The van der Waals surface area contributed by atoms with Crippen LogP contribution in [0.1, 0.15) is 42.9 Å². The van der Waals surface area contributed by atoms with E-state index in [0.29, 0.717) is 11.4 Å². The monoisotopic (exact) mass is 385 g/mol. The van der Waals surface area contributed by atoms with Gasteiger partial charge in [0.25, 0.3) is 5.91 Å². The summed E-state index contributed by atoms with van der Waals surface area (Å²) in [6.45, 7) is 0.770. The number of benzene rings is 2. The lowest BCUT2D eigenvalue weighted by Crippen LogP contribution is -2.43. The van der Waals surface area contributed by atoms with E-state index < -0.39 is 6.10 Å². The van der Waals surface area contributed by atoms with Gasteiger partial charge >= 0.3 is 0 Å². The summed E-state index contributed by atoms with van der Waals surface area (Å²) < 4.78 is 11.2. The molecule has 2 aromatic carbocycles. The van der Waals surface area contributed by atoms with Crippen molar-refractivity contribution in [2.45, 2.75) is 44.2 Å². The number of methoxy groups -OCH3 is 1. The van der Waals surface area contributed by atoms with Crippen molar-refractivity contribution in [3.05, 3.63) is 58.6 Å². The molecule has 4 nitrogen and oxygen atoms in total. The number of ether oxygens (including phenoxy) is 2. The van der Waals surface area contributed by atoms with Crippen LogP contribution in [0.15, 0.2) is 42.5 Å². The highest BCUT2D eigenvalue weighted by atomic mass is 35.5. The predicted molar refractivity (Wildman–Crippen MR) is 105 cm³/mol. The van der Waals surface area contributed by atoms with Gasteiger partial charge < -0.3 is 14.4 Å². The largest absolute Gasteiger partial charge is 0.497 e. The SMILES string of the molecule is COc1ccc([C@@H]2CCCCCN2C(=O)[C@H]2Cc3cc(Cl)ccc3O2)cc1. The lowest BCUT2D eigenvalue weighted by Gasteiger charge is -2.32. The molecule has 0 aliphatic carbocycles. The first-order valence-corrected chi connectivity index (χ1v) is 9.93. The second kappa shape index (κ2) is 7.81. The first-order valence-electron chi connectivity index (χ1n) is 9.55. The van der Waals surface area contributed by atoms with Gasteiger partial charge in [0.15, 0.2) is 6.10 Å². The summed E-state index contributed by atoms with van der Waals surface area (Å²) in [6, 6.07) is 13.7. The Morgan fingerprint density at radius 2 is 1.96 bits per heavy atom. The van der Waals surface area contributed by atoms with Crippen molar-refractivity contribution in [1.82, 2.24) is 4.90 Å². The number of carbonyl (C=O) groups is 1. The van der Waals surface area contributed by atoms with Gasteiger partial charge in [0.1, 0.15) is 11.5 Å². The topological polar surface area (TPSA) is 38.8 Å². The number of rotatable bonds is 3. The summed E-state index contributed by atoms with van der Waals surface area (Å²) in [7, 11) is 1.66. The van der Waals surface area contributed by atoms with Crippen LogP contribution in [0.25, 0.3) is 0 Å². The van der Waals surface area contributed by atoms with Crippen molar-refractivity contribution in [1.29, 1.82) is 0 Å². The minimum absolute atomic E-state index is 0.0741. The third kappa shape index (κ3) is 3.77. The van der Waals surface area contributed by atoms with Crippen LogP contribution >= 0.6 is 11.6 Å². The van der Waals surface area contributed by atoms with Crippen LogP contribution in [-0.4, -0.2) is 30.6 Å². The van der Waals surface area contributed by atoms with Crippen LogP contribution in [0.4, 0.5) is 0 Å². The van der Waals surface area contributed by atoms with E-state index in [0.717, 1.165) is 54.9 Å². The average Bonchev–Trinajstić information content (AvgIpc) is 2.95. The molecule has 0 spiro atoms. The zero-order valence-corrected chi connectivity index (χ0v) is 16.2. The average molecular weight is 386 g/mol. The van der Waals surface area contributed by atoms with Crippen LogP contribution in [-0.2, 0) is 11.2 Å². The first-order chi connectivity index (χ1) is 13.2. The highest BCUT2D eigenvalue weighted by Crippen LogP contribution is 2.35. The van der Waals surface area contributed by atoms with Gasteiger partial charge in [-0.2, -0.15) is 0 Å². The fourth-order valence-electron chi connectivity index (χ4n) is 4.08. The van der Waals surface area contributed by atoms with Crippen molar-refractivity contribution >= 4 is 17.5 Å². The Kier molecular flexibility index (Phi) is 5.26. The molecule has 0 bridgehead atoms. The molecular formula is C22H24ClNO3. The van der Waals surface area contributed by atoms with E-state index in [1.165, 1.54) is 0 Å². The predicted octanol–water partition coefficient (Wildman–Crippen LogP) is 4.80. The second-order valence-electron chi connectivity index (χ2n) is 7.23. The second-order valence-corrected chi connectivity index (χ2v) is 7.67. The number of halogens is 1. The molecule has 1 saturated heterocycles. The summed E-state index contributed by atoms with van der Waals surface area (Å²) in [4.78, 5) is 15.4. The summed E-state index contributed by atoms with van der Waals surface area (Å²) >= 11 is 6.09. The van der Waals surface area contributed by atoms with Crippen molar-refractivity contribution in [3.63, 3.8) is 0 Å². The van der Waals surface area contributed by atoms with Gasteiger partial charge in [-0.05, 0) is 54.3 Å². The fourth-order valence-corrected chi connectivity index (χ4v) is 4.28. The number of hydrogen-bond acceptors (Lipinski definition) is 3. The lowest BCUT2D eigenvalue weighted by molar-refractivity contribution is -0.140. The Morgan fingerprint density at radius 1 is 1.15 bits per heavy atom. The maximum Gasteiger partial charge on any atom is 0.264 e. The molecule has 142 valence electrons. The quantitative estimate of drug-likeness (QED) is 0.762. The van der Waals surface area contributed by atoms with E-state index in [-0.39, 0.29) is 11.9 Å². The third-order valence-corrected chi connectivity index (χ3v) is 5.74. The van der Waals surface area contributed by atoms with Crippen LogP contribution in [0, 0.1) is 0 Å². The molecule has 0 saturated carbocycles. The fraction of sp³-hybridized carbons (Fsp3) is 0.409. The molecule has 0 N–H and O–H groups in total.